The van der Waals surface area contributed by atoms with E-state index >= 15 is 0 Å². The van der Waals surface area contributed by atoms with Crippen molar-refractivity contribution in [3.8, 4) is 0 Å². The van der Waals surface area contributed by atoms with E-state index in [1.54, 1.807) is 25.1 Å². The van der Waals surface area contributed by atoms with Gasteiger partial charge in [0.1, 0.15) is 5.82 Å². The Balaban J connectivity index is 1.55. The van der Waals surface area contributed by atoms with E-state index in [9.17, 15) is 14.0 Å². The molecule has 0 aliphatic heterocycles. The second-order valence-electron chi connectivity index (χ2n) is 6.39. The first kappa shape index (κ1) is 19.2. The van der Waals surface area contributed by atoms with Crippen molar-refractivity contribution in [2.75, 3.05) is 0 Å². The van der Waals surface area contributed by atoms with E-state index in [2.05, 4.69) is 15.8 Å². The van der Waals surface area contributed by atoms with Crippen molar-refractivity contribution in [2.45, 2.75) is 19.9 Å². The molecule has 0 atom stereocenters. The van der Waals surface area contributed by atoms with E-state index in [1.165, 1.54) is 12.1 Å². The van der Waals surface area contributed by atoms with Crippen LogP contribution in [-0.2, 0) is 11.3 Å². The van der Waals surface area contributed by atoms with Crippen LogP contribution in [0.25, 0.3) is 10.8 Å². The number of benzene rings is 3. The fourth-order valence-corrected chi connectivity index (χ4v) is 2.77. The van der Waals surface area contributed by atoms with Gasteiger partial charge in [-0.05, 0) is 41.5 Å². The minimum atomic E-state index is -0.331. The van der Waals surface area contributed by atoms with Crippen LogP contribution in [0.15, 0.2) is 71.8 Å². The van der Waals surface area contributed by atoms with E-state index in [4.69, 9.17) is 0 Å². The third-order valence-electron chi connectivity index (χ3n) is 4.20. The van der Waals surface area contributed by atoms with Crippen LogP contribution >= 0.6 is 0 Å². The molecule has 2 N–H and O–H groups in total. The second kappa shape index (κ2) is 8.90. The minimum absolute atomic E-state index is 0.0526. The summed E-state index contributed by atoms with van der Waals surface area (Å²) in [7, 11) is 0. The van der Waals surface area contributed by atoms with E-state index in [0.29, 0.717) is 17.8 Å². The molecule has 3 rings (SSSR count). The van der Waals surface area contributed by atoms with Crippen LogP contribution in [0.3, 0.4) is 0 Å². The summed E-state index contributed by atoms with van der Waals surface area (Å²) in [5, 5.41) is 8.57. The molecule has 0 saturated heterocycles. The van der Waals surface area contributed by atoms with Crippen molar-refractivity contribution < 1.29 is 14.0 Å². The molecule has 142 valence electrons. The van der Waals surface area contributed by atoms with E-state index in [-0.39, 0.29) is 24.1 Å². The van der Waals surface area contributed by atoms with Gasteiger partial charge in [-0.2, -0.15) is 5.10 Å². The normalized spacial score (nSPS) is 11.3. The summed E-state index contributed by atoms with van der Waals surface area (Å²) in [6.07, 6.45) is 0.0526. The number of carbonyl (C=O) groups excluding carboxylic acids is 2. The summed E-state index contributed by atoms with van der Waals surface area (Å²) < 4.78 is 12.9. The molecule has 28 heavy (non-hydrogen) atoms. The van der Waals surface area contributed by atoms with Gasteiger partial charge >= 0.3 is 0 Å². The monoisotopic (exact) mass is 377 g/mol. The molecule has 0 aliphatic carbocycles. The lowest BCUT2D eigenvalue weighted by Gasteiger charge is -2.07. The van der Waals surface area contributed by atoms with Gasteiger partial charge in [-0.25, -0.2) is 9.82 Å². The summed E-state index contributed by atoms with van der Waals surface area (Å²) in [6, 6.07) is 19.0. The molecule has 0 unspecified atom stereocenters. The summed E-state index contributed by atoms with van der Waals surface area (Å²) >= 11 is 0. The van der Waals surface area contributed by atoms with Gasteiger partial charge in [-0.1, -0.05) is 48.5 Å². The summed E-state index contributed by atoms with van der Waals surface area (Å²) in [5.74, 6) is -0.882. The third kappa shape index (κ3) is 5.01. The van der Waals surface area contributed by atoms with Gasteiger partial charge in [0.25, 0.3) is 5.91 Å². The third-order valence-corrected chi connectivity index (χ3v) is 4.20. The van der Waals surface area contributed by atoms with E-state index in [1.807, 2.05) is 36.4 Å². The molecular formula is C22H20FN3O2. The molecule has 0 radical (unpaired) electrons. The molecule has 0 aliphatic rings. The quantitative estimate of drug-likeness (QED) is 0.507. The van der Waals surface area contributed by atoms with Crippen molar-refractivity contribution in [2.24, 2.45) is 5.10 Å². The highest BCUT2D eigenvalue weighted by atomic mass is 19.1. The Morgan fingerprint density at radius 3 is 2.46 bits per heavy atom. The average molecular weight is 377 g/mol. The van der Waals surface area contributed by atoms with E-state index in [0.717, 1.165) is 16.3 Å². The fourth-order valence-electron chi connectivity index (χ4n) is 2.77. The number of nitrogens with one attached hydrogen (secondary N) is 2. The predicted molar refractivity (Wildman–Crippen MR) is 107 cm³/mol. The second-order valence-corrected chi connectivity index (χ2v) is 6.39. The van der Waals surface area contributed by atoms with Crippen molar-refractivity contribution in [1.82, 2.24) is 10.7 Å². The number of hydrogen-bond acceptors (Lipinski definition) is 3. The minimum Gasteiger partial charge on any atom is -0.352 e. The van der Waals surface area contributed by atoms with Gasteiger partial charge in [-0.3, -0.25) is 9.59 Å². The van der Waals surface area contributed by atoms with Crippen LogP contribution in [0.5, 0.6) is 0 Å². The highest BCUT2D eigenvalue weighted by Crippen LogP contribution is 2.18. The van der Waals surface area contributed by atoms with Crippen molar-refractivity contribution in [3.63, 3.8) is 0 Å². The summed E-state index contributed by atoms with van der Waals surface area (Å²) in [6.45, 7) is 1.97. The van der Waals surface area contributed by atoms with Crippen molar-refractivity contribution in [3.05, 3.63) is 83.7 Å². The lowest BCUT2D eigenvalue weighted by atomic mass is 10.0. The Labute approximate surface area is 162 Å². The van der Waals surface area contributed by atoms with Gasteiger partial charge in [-0.15, -0.1) is 0 Å². The molecule has 0 fully saturated rings. The number of hydrazone groups is 1. The number of hydrogen-bond donors (Lipinski definition) is 2. The fraction of sp³-hybridized carbons (Fsp3) is 0.136. The Morgan fingerprint density at radius 2 is 1.68 bits per heavy atom. The van der Waals surface area contributed by atoms with Gasteiger partial charge in [0.15, 0.2) is 0 Å². The molecular weight excluding hydrogens is 357 g/mol. The lowest BCUT2D eigenvalue weighted by molar-refractivity contribution is -0.120. The molecule has 3 aromatic rings. The first-order valence-electron chi connectivity index (χ1n) is 8.85. The summed E-state index contributed by atoms with van der Waals surface area (Å²) in [4.78, 5) is 24.4. The number of fused-ring (bicyclic) bond motifs is 1. The first-order chi connectivity index (χ1) is 13.5. The van der Waals surface area contributed by atoms with Crippen molar-refractivity contribution in [1.29, 1.82) is 0 Å². The van der Waals surface area contributed by atoms with Gasteiger partial charge < -0.3 is 5.32 Å². The Kier molecular flexibility index (Phi) is 6.11. The zero-order valence-corrected chi connectivity index (χ0v) is 15.4. The molecule has 0 aromatic heterocycles. The predicted octanol–water partition coefficient (Wildman–Crippen LogP) is 3.79. The number of rotatable bonds is 6. The van der Waals surface area contributed by atoms with Crippen LogP contribution in [0.2, 0.25) is 0 Å². The van der Waals surface area contributed by atoms with Crippen LogP contribution in [0.1, 0.15) is 29.3 Å². The van der Waals surface area contributed by atoms with Crippen LogP contribution in [0, 0.1) is 5.82 Å². The molecule has 0 heterocycles. The maximum Gasteiger partial charge on any atom is 0.271 e. The maximum absolute atomic E-state index is 12.9. The average Bonchev–Trinajstić information content (AvgIpc) is 2.71. The highest BCUT2D eigenvalue weighted by Gasteiger charge is 2.10. The highest BCUT2D eigenvalue weighted by molar-refractivity contribution is 6.07. The topological polar surface area (TPSA) is 70.6 Å². The van der Waals surface area contributed by atoms with Gasteiger partial charge in [0.05, 0.1) is 6.42 Å². The molecule has 3 aromatic carbocycles. The standard InChI is InChI=1S/C22H20FN3O2/c1-15(13-21(27)24-14-16-9-11-18(23)12-10-16)25-26-22(28)20-8-4-6-17-5-2-3-7-19(17)20/h2-12H,13-14H2,1H3,(H,24,27)(H,26,28). The zero-order chi connectivity index (χ0) is 19.9. The summed E-state index contributed by atoms with van der Waals surface area (Å²) in [5.41, 5.74) is 4.30. The SMILES string of the molecule is CC(CC(=O)NCc1ccc(F)cc1)=NNC(=O)c1cccc2ccccc12. The molecule has 5 nitrogen and oxygen atoms in total. The van der Waals surface area contributed by atoms with Crippen LogP contribution < -0.4 is 10.7 Å². The molecule has 0 bridgehead atoms. The van der Waals surface area contributed by atoms with Crippen LogP contribution in [-0.4, -0.2) is 17.5 Å². The van der Waals surface area contributed by atoms with E-state index < -0.39 is 0 Å². The Morgan fingerprint density at radius 1 is 0.964 bits per heavy atom. The largest absolute Gasteiger partial charge is 0.352 e. The smallest absolute Gasteiger partial charge is 0.271 e. The Bertz CT molecular complexity index is 1020. The zero-order valence-electron chi connectivity index (χ0n) is 15.4. The number of carbonyl (C=O) groups is 2. The number of halogens is 1. The van der Waals surface area contributed by atoms with Crippen LogP contribution in [0.4, 0.5) is 4.39 Å². The van der Waals surface area contributed by atoms with Gasteiger partial charge in [0, 0.05) is 17.8 Å². The Hall–Kier alpha value is -3.54. The molecule has 6 heteroatoms. The molecule has 0 spiro atoms. The van der Waals surface area contributed by atoms with Crippen molar-refractivity contribution >= 4 is 28.3 Å². The molecule has 2 amide bonds. The maximum atomic E-state index is 12.9. The number of nitrogens with zero attached hydrogens (tertiary/aromatic N) is 1. The first-order valence-corrected chi connectivity index (χ1v) is 8.85. The number of amides is 2. The molecule has 0 saturated carbocycles. The van der Waals surface area contributed by atoms with Gasteiger partial charge in [0.2, 0.25) is 5.91 Å². The lowest BCUT2D eigenvalue weighted by Crippen LogP contribution is -2.26.